The molecule has 0 fully saturated rings. The van der Waals surface area contributed by atoms with Crippen molar-refractivity contribution in [1.29, 1.82) is 5.26 Å². The summed E-state index contributed by atoms with van der Waals surface area (Å²) in [6, 6.07) is 16.3. The molecule has 0 aliphatic rings. The minimum absolute atomic E-state index is 0.0465. The highest BCUT2D eigenvalue weighted by Gasteiger charge is 2.13. The van der Waals surface area contributed by atoms with Gasteiger partial charge in [0.05, 0.1) is 0 Å². The molecule has 0 saturated carbocycles. The number of nitriles is 1. The molecule has 3 N–H and O–H groups in total. The minimum Gasteiger partial charge on any atom is -0.399 e. The van der Waals surface area contributed by atoms with Gasteiger partial charge in [0.15, 0.2) is 0 Å². The van der Waals surface area contributed by atoms with Gasteiger partial charge in [-0.2, -0.15) is 5.26 Å². The first-order chi connectivity index (χ1) is 11.1. The lowest BCUT2D eigenvalue weighted by Crippen LogP contribution is -2.12. The quantitative estimate of drug-likeness (QED) is 0.713. The van der Waals surface area contributed by atoms with Crippen molar-refractivity contribution in [3.63, 3.8) is 0 Å². The highest BCUT2D eigenvalue weighted by atomic mass is 19.1. The molecule has 2 aromatic carbocycles. The normalized spacial score (nSPS) is 10.3. The van der Waals surface area contributed by atoms with E-state index in [1.54, 1.807) is 36.4 Å². The summed E-state index contributed by atoms with van der Waals surface area (Å²) in [5, 5.41) is 9.25. The summed E-state index contributed by atoms with van der Waals surface area (Å²) >= 11 is 0. The van der Waals surface area contributed by atoms with Crippen molar-refractivity contribution < 1.29 is 4.39 Å². The molecule has 0 unspecified atom stereocenters. The molecule has 112 valence electrons. The first-order valence-corrected chi connectivity index (χ1v) is 6.88. The van der Waals surface area contributed by atoms with Crippen molar-refractivity contribution >= 4 is 5.69 Å². The lowest BCUT2D eigenvalue weighted by atomic mass is 9.99. The maximum Gasteiger partial charge on any atom is 0.266 e. The zero-order chi connectivity index (χ0) is 16.4. The molecule has 0 aliphatic carbocycles. The van der Waals surface area contributed by atoms with Crippen LogP contribution < -0.4 is 11.3 Å². The Morgan fingerprint density at radius 1 is 1.04 bits per heavy atom. The Kier molecular flexibility index (Phi) is 3.65. The largest absolute Gasteiger partial charge is 0.399 e. The molecular formula is C18H12FN3O. The van der Waals surface area contributed by atoms with Crippen molar-refractivity contribution in [3.8, 4) is 28.5 Å². The van der Waals surface area contributed by atoms with Crippen LogP contribution in [0, 0.1) is 17.1 Å². The second-order valence-electron chi connectivity index (χ2n) is 5.04. The fourth-order valence-electron chi connectivity index (χ4n) is 2.37. The first kappa shape index (κ1) is 14.5. The zero-order valence-corrected chi connectivity index (χ0v) is 12.0. The summed E-state index contributed by atoms with van der Waals surface area (Å²) in [5.41, 5.74) is 7.86. The Balaban J connectivity index is 2.24. The number of aromatic nitrogens is 1. The summed E-state index contributed by atoms with van der Waals surface area (Å²) in [5.74, 6) is -0.430. The van der Waals surface area contributed by atoms with Crippen LogP contribution in [0.3, 0.4) is 0 Å². The predicted molar refractivity (Wildman–Crippen MR) is 87.0 cm³/mol. The number of halogens is 1. The summed E-state index contributed by atoms with van der Waals surface area (Å²) < 4.78 is 13.5. The van der Waals surface area contributed by atoms with Gasteiger partial charge in [-0.25, -0.2) is 4.39 Å². The third-order valence-electron chi connectivity index (χ3n) is 3.50. The third kappa shape index (κ3) is 2.83. The number of anilines is 1. The van der Waals surface area contributed by atoms with Crippen LogP contribution in [0.5, 0.6) is 0 Å². The fraction of sp³-hybridized carbons (Fsp3) is 0. The van der Waals surface area contributed by atoms with E-state index < -0.39 is 11.4 Å². The van der Waals surface area contributed by atoms with E-state index in [1.165, 1.54) is 18.2 Å². The van der Waals surface area contributed by atoms with Gasteiger partial charge in [-0.3, -0.25) is 4.79 Å². The molecule has 0 radical (unpaired) electrons. The van der Waals surface area contributed by atoms with Gasteiger partial charge >= 0.3 is 0 Å². The molecule has 1 heterocycles. The monoisotopic (exact) mass is 305 g/mol. The maximum absolute atomic E-state index is 13.5. The SMILES string of the molecule is N#Cc1c(-c2cccc(F)c2)cc(-c2ccc(N)cc2)[nH]c1=O. The highest BCUT2D eigenvalue weighted by Crippen LogP contribution is 2.26. The second kappa shape index (κ2) is 5.78. The Labute approximate surface area is 131 Å². The lowest BCUT2D eigenvalue weighted by Gasteiger charge is -2.08. The number of H-pyrrole nitrogens is 1. The van der Waals surface area contributed by atoms with Crippen LogP contribution in [0.15, 0.2) is 59.4 Å². The standard InChI is InChI=1S/C18H12FN3O/c19-13-3-1-2-12(8-13)15-9-17(22-18(23)16(15)10-20)11-4-6-14(21)7-5-11/h1-9H,21H2,(H,22,23). The molecule has 0 aliphatic heterocycles. The number of hydrogen-bond acceptors (Lipinski definition) is 3. The second-order valence-corrected chi connectivity index (χ2v) is 5.04. The Morgan fingerprint density at radius 2 is 1.78 bits per heavy atom. The van der Waals surface area contributed by atoms with Crippen LogP contribution in [0.25, 0.3) is 22.4 Å². The molecule has 23 heavy (non-hydrogen) atoms. The molecule has 5 heteroatoms. The minimum atomic E-state index is -0.513. The molecule has 0 atom stereocenters. The average molecular weight is 305 g/mol. The van der Waals surface area contributed by atoms with E-state index >= 15 is 0 Å². The number of nitrogen functional groups attached to an aromatic ring is 1. The van der Waals surface area contributed by atoms with Crippen molar-refractivity contribution in [2.75, 3.05) is 5.73 Å². The van der Waals surface area contributed by atoms with E-state index in [4.69, 9.17) is 5.73 Å². The summed E-state index contributed by atoms with van der Waals surface area (Å²) in [6.07, 6.45) is 0. The average Bonchev–Trinajstić information content (AvgIpc) is 2.55. The van der Waals surface area contributed by atoms with Gasteiger partial charge in [-0.1, -0.05) is 24.3 Å². The number of nitrogens with one attached hydrogen (secondary N) is 1. The van der Waals surface area contributed by atoms with Crippen LogP contribution in [0.2, 0.25) is 0 Å². The Morgan fingerprint density at radius 3 is 2.43 bits per heavy atom. The lowest BCUT2D eigenvalue weighted by molar-refractivity contribution is 0.628. The zero-order valence-electron chi connectivity index (χ0n) is 12.0. The van der Waals surface area contributed by atoms with Gasteiger partial charge in [-0.15, -0.1) is 0 Å². The third-order valence-corrected chi connectivity index (χ3v) is 3.50. The number of rotatable bonds is 2. The molecule has 0 bridgehead atoms. The topological polar surface area (TPSA) is 82.7 Å². The number of nitrogens with zero attached hydrogens (tertiary/aromatic N) is 1. The Bertz CT molecular complexity index is 969. The van der Waals surface area contributed by atoms with Crippen molar-refractivity contribution in [2.45, 2.75) is 0 Å². The van der Waals surface area contributed by atoms with E-state index in [0.29, 0.717) is 22.5 Å². The summed E-state index contributed by atoms with van der Waals surface area (Å²) in [4.78, 5) is 14.9. The molecule has 4 nitrogen and oxygen atoms in total. The van der Waals surface area contributed by atoms with Gasteiger partial charge in [0.25, 0.3) is 5.56 Å². The molecule has 1 aromatic heterocycles. The van der Waals surface area contributed by atoms with E-state index in [0.717, 1.165) is 5.56 Å². The Hall–Kier alpha value is -3.39. The highest BCUT2D eigenvalue weighted by molar-refractivity contribution is 5.75. The number of pyridine rings is 1. The van der Waals surface area contributed by atoms with Crippen LogP contribution >= 0.6 is 0 Å². The van der Waals surface area contributed by atoms with E-state index in [1.807, 2.05) is 6.07 Å². The van der Waals surface area contributed by atoms with Crippen molar-refractivity contribution in [3.05, 3.63) is 76.3 Å². The summed E-state index contributed by atoms with van der Waals surface area (Å²) in [7, 11) is 0. The fourth-order valence-corrected chi connectivity index (χ4v) is 2.37. The van der Waals surface area contributed by atoms with Gasteiger partial charge in [0.1, 0.15) is 17.4 Å². The summed E-state index contributed by atoms with van der Waals surface area (Å²) in [6.45, 7) is 0. The first-order valence-electron chi connectivity index (χ1n) is 6.88. The number of nitrogens with two attached hydrogens (primary N) is 1. The van der Waals surface area contributed by atoms with Crippen LogP contribution in [0.4, 0.5) is 10.1 Å². The van der Waals surface area contributed by atoms with E-state index in [2.05, 4.69) is 4.98 Å². The van der Waals surface area contributed by atoms with Gasteiger partial charge in [-0.05, 0) is 41.5 Å². The molecular weight excluding hydrogens is 293 g/mol. The van der Waals surface area contributed by atoms with Gasteiger partial charge < -0.3 is 10.7 Å². The van der Waals surface area contributed by atoms with Crippen molar-refractivity contribution in [1.82, 2.24) is 4.98 Å². The van der Waals surface area contributed by atoms with Crippen molar-refractivity contribution in [2.24, 2.45) is 0 Å². The number of aromatic amines is 1. The van der Waals surface area contributed by atoms with Gasteiger partial charge in [0.2, 0.25) is 0 Å². The molecule has 3 aromatic rings. The van der Waals surface area contributed by atoms with Crippen LogP contribution in [-0.4, -0.2) is 4.98 Å². The number of hydrogen-bond donors (Lipinski definition) is 2. The smallest absolute Gasteiger partial charge is 0.266 e. The number of benzene rings is 2. The van der Waals surface area contributed by atoms with E-state index in [9.17, 15) is 14.4 Å². The molecule has 3 rings (SSSR count). The van der Waals surface area contributed by atoms with Crippen LogP contribution in [0.1, 0.15) is 5.56 Å². The molecule has 0 amide bonds. The molecule has 0 spiro atoms. The predicted octanol–water partition coefficient (Wildman–Crippen LogP) is 3.30. The van der Waals surface area contributed by atoms with E-state index in [-0.39, 0.29) is 5.56 Å². The molecule has 0 saturated heterocycles. The van der Waals surface area contributed by atoms with Crippen LogP contribution in [-0.2, 0) is 0 Å². The maximum atomic E-state index is 13.5. The van der Waals surface area contributed by atoms with Gasteiger partial charge in [0, 0.05) is 16.9 Å².